The summed E-state index contributed by atoms with van der Waals surface area (Å²) in [6.45, 7) is 6.37. The highest BCUT2D eigenvalue weighted by Gasteiger charge is 2.19. The van der Waals surface area contributed by atoms with Gasteiger partial charge in [0.05, 0.1) is 0 Å². The van der Waals surface area contributed by atoms with Crippen molar-refractivity contribution in [2.45, 2.75) is 303 Å². The Bertz CT molecular complexity index is 1620. The molecule has 0 aromatic heterocycles. The van der Waals surface area contributed by atoms with Gasteiger partial charge in [-0.25, -0.2) is 0 Å². The molecule has 1 atom stereocenters. The standard InChI is InChI=1S/C72H120O6/c1-4-7-10-13-16-19-22-25-28-30-32-34-35-36-38-39-41-44-47-50-53-56-59-62-65-71(74)77-68-69(67-76-70(73)64-61-58-55-52-49-46-43-27-24-21-18-15-12-9-6-3)78-72(75)66-63-60-57-54-51-48-45-42-40-37-33-31-29-26-23-20-17-14-11-8-5-2/h8-9,11-12,17-18,20-21,26-27,29,33,37,42-43,45,49,51-52,54,69H,4-7,10,13-16,19,22-25,28,30-32,34-36,38-41,44,46-48,50,53,55-68H2,1-3H3/b11-8-,12-9-,20-17-,21-18-,29-26-,37-33-,43-27-,45-42-,52-49-,54-51-. The predicted molar refractivity (Wildman–Crippen MR) is 339 cm³/mol. The van der Waals surface area contributed by atoms with Crippen LogP contribution in [-0.2, 0) is 28.6 Å². The van der Waals surface area contributed by atoms with Crippen LogP contribution in [0.2, 0.25) is 0 Å². The van der Waals surface area contributed by atoms with Gasteiger partial charge < -0.3 is 14.2 Å². The van der Waals surface area contributed by atoms with Crippen LogP contribution in [0.1, 0.15) is 297 Å². The maximum Gasteiger partial charge on any atom is 0.306 e. The van der Waals surface area contributed by atoms with Gasteiger partial charge in [-0.3, -0.25) is 14.4 Å². The second kappa shape index (κ2) is 65.3. The average molecular weight is 1080 g/mol. The summed E-state index contributed by atoms with van der Waals surface area (Å²) in [5.74, 6) is -0.990. The number of carbonyl (C=O) groups excluding carboxylic acids is 3. The van der Waals surface area contributed by atoms with Crippen molar-refractivity contribution in [1.29, 1.82) is 0 Å². The van der Waals surface area contributed by atoms with Crippen LogP contribution in [0, 0.1) is 0 Å². The molecule has 0 aromatic carbocycles. The topological polar surface area (TPSA) is 78.9 Å². The van der Waals surface area contributed by atoms with E-state index in [1.165, 1.54) is 135 Å². The van der Waals surface area contributed by atoms with Crippen LogP contribution in [0.15, 0.2) is 122 Å². The van der Waals surface area contributed by atoms with Crippen molar-refractivity contribution in [3.05, 3.63) is 122 Å². The number of unbranched alkanes of at least 4 members (excludes halogenated alkanes) is 27. The van der Waals surface area contributed by atoms with E-state index in [1.807, 2.05) is 0 Å². The van der Waals surface area contributed by atoms with E-state index in [1.54, 1.807) is 0 Å². The van der Waals surface area contributed by atoms with Gasteiger partial charge >= 0.3 is 17.9 Å². The second-order valence-corrected chi connectivity index (χ2v) is 21.3. The van der Waals surface area contributed by atoms with Crippen molar-refractivity contribution in [2.24, 2.45) is 0 Å². The third-order valence-electron chi connectivity index (χ3n) is 13.7. The predicted octanol–water partition coefficient (Wildman–Crippen LogP) is 22.4. The van der Waals surface area contributed by atoms with Gasteiger partial charge in [-0.2, -0.15) is 0 Å². The monoisotopic (exact) mass is 1080 g/mol. The molecule has 0 aromatic rings. The highest BCUT2D eigenvalue weighted by Crippen LogP contribution is 2.17. The molecular weight excluding hydrogens is 961 g/mol. The average Bonchev–Trinajstić information content (AvgIpc) is 3.44. The Labute approximate surface area is 482 Å². The summed E-state index contributed by atoms with van der Waals surface area (Å²) in [6.07, 6.45) is 90.8. The Kier molecular flexibility index (Phi) is 61.8. The lowest BCUT2D eigenvalue weighted by molar-refractivity contribution is -0.167. The highest BCUT2D eigenvalue weighted by atomic mass is 16.6. The van der Waals surface area contributed by atoms with E-state index in [0.717, 1.165) is 109 Å². The molecule has 0 radical (unpaired) electrons. The molecule has 0 saturated carbocycles. The van der Waals surface area contributed by atoms with Gasteiger partial charge in [0.25, 0.3) is 0 Å². The van der Waals surface area contributed by atoms with Crippen molar-refractivity contribution < 1.29 is 28.6 Å². The van der Waals surface area contributed by atoms with Crippen molar-refractivity contribution >= 4 is 17.9 Å². The van der Waals surface area contributed by atoms with Gasteiger partial charge in [-0.1, -0.05) is 290 Å². The first-order valence-electron chi connectivity index (χ1n) is 32.5. The fraction of sp³-hybridized carbons (Fsp3) is 0.681. The van der Waals surface area contributed by atoms with Gasteiger partial charge in [-0.05, 0) is 109 Å². The number of allylic oxidation sites excluding steroid dienone is 20. The first-order valence-corrected chi connectivity index (χ1v) is 32.5. The molecule has 0 rings (SSSR count). The molecule has 0 fully saturated rings. The van der Waals surface area contributed by atoms with Crippen LogP contribution < -0.4 is 0 Å². The number of rotatable bonds is 58. The van der Waals surface area contributed by atoms with E-state index >= 15 is 0 Å². The SMILES string of the molecule is CC/C=C\C/C=C\C/C=C\C/C=C\C/C=C\C/C=C\CCCCC(=O)OC(COC(=O)CCCC/C=C\C/C=C\C/C=C\C/C=C\CC)COC(=O)CCCCCCCCCCCCCCCCCCCCCCCCCC. The first-order chi connectivity index (χ1) is 38.5. The largest absolute Gasteiger partial charge is 0.462 e. The summed E-state index contributed by atoms with van der Waals surface area (Å²) in [4.78, 5) is 38.3. The zero-order valence-corrected chi connectivity index (χ0v) is 50.9. The summed E-state index contributed by atoms with van der Waals surface area (Å²) in [6, 6.07) is 0. The molecule has 1 unspecified atom stereocenters. The number of hydrogen-bond donors (Lipinski definition) is 0. The van der Waals surface area contributed by atoms with E-state index in [0.29, 0.717) is 25.7 Å². The van der Waals surface area contributed by atoms with Crippen LogP contribution in [0.4, 0.5) is 0 Å². The minimum atomic E-state index is -0.822. The van der Waals surface area contributed by atoms with Crippen molar-refractivity contribution in [1.82, 2.24) is 0 Å². The summed E-state index contributed by atoms with van der Waals surface area (Å²) in [5, 5.41) is 0. The third kappa shape index (κ3) is 62.7. The van der Waals surface area contributed by atoms with Crippen LogP contribution in [0.5, 0.6) is 0 Å². The molecule has 0 aliphatic rings. The smallest absolute Gasteiger partial charge is 0.306 e. The fourth-order valence-electron chi connectivity index (χ4n) is 8.91. The van der Waals surface area contributed by atoms with Crippen molar-refractivity contribution in [3.63, 3.8) is 0 Å². The molecule has 444 valence electrons. The van der Waals surface area contributed by atoms with Crippen LogP contribution in [0.25, 0.3) is 0 Å². The number of esters is 3. The second-order valence-electron chi connectivity index (χ2n) is 21.3. The van der Waals surface area contributed by atoms with Crippen molar-refractivity contribution in [2.75, 3.05) is 13.2 Å². The highest BCUT2D eigenvalue weighted by molar-refractivity contribution is 5.71. The Hall–Kier alpha value is -4.19. The van der Waals surface area contributed by atoms with Gasteiger partial charge in [-0.15, -0.1) is 0 Å². The lowest BCUT2D eigenvalue weighted by Gasteiger charge is -2.18. The third-order valence-corrected chi connectivity index (χ3v) is 13.7. The fourth-order valence-corrected chi connectivity index (χ4v) is 8.91. The summed E-state index contributed by atoms with van der Waals surface area (Å²) < 4.78 is 16.9. The minimum absolute atomic E-state index is 0.110. The molecule has 0 aliphatic carbocycles. The zero-order chi connectivity index (χ0) is 56.4. The molecule has 0 amide bonds. The zero-order valence-electron chi connectivity index (χ0n) is 50.9. The van der Waals surface area contributed by atoms with E-state index in [9.17, 15) is 14.4 Å². The molecule has 0 aliphatic heterocycles. The Morgan fingerprint density at radius 1 is 0.269 bits per heavy atom. The molecule has 0 saturated heterocycles. The summed E-state index contributed by atoms with van der Waals surface area (Å²) in [7, 11) is 0. The van der Waals surface area contributed by atoms with Crippen LogP contribution in [0.3, 0.4) is 0 Å². The first kappa shape index (κ1) is 73.8. The van der Waals surface area contributed by atoms with Crippen LogP contribution >= 0.6 is 0 Å². The summed E-state index contributed by atoms with van der Waals surface area (Å²) in [5.41, 5.74) is 0. The minimum Gasteiger partial charge on any atom is -0.462 e. The molecule has 0 spiro atoms. The van der Waals surface area contributed by atoms with Crippen molar-refractivity contribution in [3.8, 4) is 0 Å². The molecule has 0 heterocycles. The van der Waals surface area contributed by atoms with Gasteiger partial charge in [0.2, 0.25) is 0 Å². The molecule has 78 heavy (non-hydrogen) atoms. The molecular formula is C72H120O6. The van der Waals surface area contributed by atoms with Gasteiger partial charge in [0.15, 0.2) is 6.10 Å². The van der Waals surface area contributed by atoms with E-state index in [-0.39, 0.29) is 37.5 Å². The summed E-state index contributed by atoms with van der Waals surface area (Å²) >= 11 is 0. The maximum atomic E-state index is 12.9. The maximum absolute atomic E-state index is 12.9. The quantitative estimate of drug-likeness (QED) is 0.0261. The molecule has 6 nitrogen and oxygen atoms in total. The lowest BCUT2D eigenvalue weighted by Crippen LogP contribution is -2.30. The number of hydrogen-bond acceptors (Lipinski definition) is 6. The van der Waals surface area contributed by atoms with E-state index in [4.69, 9.17) is 14.2 Å². The molecule has 0 N–H and O–H groups in total. The van der Waals surface area contributed by atoms with E-state index in [2.05, 4.69) is 142 Å². The number of ether oxygens (including phenoxy) is 3. The van der Waals surface area contributed by atoms with Crippen LogP contribution in [-0.4, -0.2) is 37.2 Å². The molecule has 0 bridgehead atoms. The normalized spacial score (nSPS) is 12.9. The lowest BCUT2D eigenvalue weighted by atomic mass is 10.0. The Balaban J connectivity index is 4.44. The van der Waals surface area contributed by atoms with Gasteiger partial charge in [0.1, 0.15) is 13.2 Å². The Morgan fingerprint density at radius 3 is 0.782 bits per heavy atom. The van der Waals surface area contributed by atoms with Gasteiger partial charge in [0, 0.05) is 19.3 Å². The number of carbonyl (C=O) groups is 3. The molecule has 6 heteroatoms. The van der Waals surface area contributed by atoms with E-state index < -0.39 is 6.10 Å². The Morgan fingerprint density at radius 2 is 0.500 bits per heavy atom.